The van der Waals surface area contributed by atoms with Crippen molar-refractivity contribution in [3.63, 3.8) is 0 Å². The lowest BCUT2D eigenvalue weighted by Gasteiger charge is -2.25. The fourth-order valence-electron chi connectivity index (χ4n) is 2.47. The Bertz CT molecular complexity index is 468. The summed E-state index contributed by atoms with van der Waals surface area (Å²) in [7, 11) is 0. The molecular weight excluding hydrogens is 206 g/mol. The molecular formula is C16H19N. The normalized spacial score (nSPS) is 15.2. The first-order valence-corrected chi connectivity index (χ1v) is 6.15. The van der Waals surface area contributed by atoms with Gasteiger partial charge in [-0.1, -0.05) is 37.4 Å². The SMILES string of the molecule is C=CC1=C(C=C)N(CC)c2ccccc2CC1. The Morgan fingerprint density at radius 2 is 1.94 bits per heavy atom. The van der Waals surface area contributed by atoms with Crippen LogP contribution in [-0.4, -0.2) is 6.54 Å². The Morgan fingerprint density at radius 3 is 2.59 bits per heavy atom. The summed E-state index contributed by atoms with van der Waals surface area (Å²) >= 11 is 0. The third kappa shape index (κ3) is 2.05. The van der Waals surface area contributed by atoms with E-state index in [1.165, 1.54) is 22.5 Å². The first-order chi connectivity index (χ1) is 8.31. The van der Waals surface area contributed by atoms with Crippen LogP contribution in [0.25, 0.3) is 0 Å². The summed E-state index contributed by atoms with van der Waals surface area (Å²) in [5.74, 6) is 0. The van der Waals surface area contributed by atoms with Crippen LogP contribution < -0.4 is 4.90 Å². The van der Waals surface area contributed by atoms with Crippen LogP contribution in [0.3, 0.4) is 0 Å². The van der Waals surface area contributed by atoms with Gasteiger partial charge in [0.15, 0.2) is 0 Å². The van der Waals surface area contributed by atoms with Gasteiger partial charge in [-0.25, -0.2) is 0 Å². The Labute approximate surface area is 104 Å². The first kappa shape index (κ1) is 11.7. The van der Waals surface area contributed by atoms with E-state index in [-0.39, 0.29) is 0 Å². The van der Waals surface area contributed by atoms with Crippen LogP contribution in [0.15, 0.2) is 60.8 Å². The maximum absolute atomic E-state index is 3.95. The Morgan fingerprint density at radius 1 is 1.18 bits per heavy atom. The summed E-state index contributed by atoms with van der Waals surface area (Å²) in [6.07, 6.45) is 6.03. The smallest absolute Gasteiger partial charge is 0.0443 e. The monoisotopic (exact) mass is 225 g/mol. The Kier molecular flexibility index (Phi) is 3.48. The van der Waals surface area contributed by atoms with Crippen molar-refractivity contribution >= 4 is 5.69 Å². The van der Waals surface area contributed by atoms with E-state index in [1.54, 1.807) is 0 Å². The molecule has 88 valence electrons. The molecule has 1 heterocycles. The van der Waals surface area contributed by atoms with Gasteiger partial charge in [-0.05, 0) is 43.0 Å². The van der Waals surface area contributed by atoms with Crippen LogP contribution in [0.2, 0.25) is 0 Å². The summed E-state index contributed by atoms with van der Waals surface area (Å²) in [6.45, 7) is 11.0. The fourth-order valence-corrected chi connectivity index (χ4v) is 2.47. The topological polar surface area (TPSA) is 3.24 Å². The molecule has 0 spiro atoms. The number of para-hydroxylation sites is 1. The molecule has 1 nitrogen and oxygen atoms in total. The van der Waals surface area contributed by atoms with Crippen LogP contribution >= 0.6 is 0 Å². The molecule has 0 fully saturated rings. The lowest BCUT2D eigenvalue weighted by molar-refractivity contribution is 0.963. The van der Waals surface area contributed by atoms with Crippen molar-refractivity contribution in [2.24, 2.45) is 0 Å². The largest absolute Gasteiger partial charge is 0.341 e. The summed E-state index contributed by atoms with van der Waals surface area (Å²) in [5, 5.41) is 0. The number of aryl methyl sites for hydroxylation is 1. The fraction of sp³-hybridized carbons (Fsp3) is 0.250. The number of allylic oxidation sites excluding steroid dienone is 3. The second-order valence-electron chi connectivity index (χ2n) is 4.19. The lowest BCUT2D eigenvalue weighted by atomic mass is 10.0. The molecule has 0 atom stereocenters. The van der Waals surface area contributed by atoms with Crippen LogP contribution in [0, 0.1) is 0 Å². The first-order valence-electron chi connectivity index (χ1n) is 6.15. The Hall–Kier alpha value is -1.76. The predicted molar refractivity (Wildman–Crippen MR) is 75.2 cm³/mol. The average molecular weight is 225 g/mol. The van der Waals surface area contributed by atoms with Gasteiger partial charge < -0.3 is 4.90 Å². The minimum atomic E-state index is 0.954. The van der Waals surface area contributed by atoms with Crippen LogP contribution in [0.4, 0.5) is 5.69 Å². The lowest BCUT2D eigenvalue weighted by Crippen LogP contribution is -2.21. The summed E-state index contributed by atoms with van der Waals surface area (Å²) in [4.78, 5) is 2.33. The number of benzene rings is 1. The molecule has 0 aromatic heterocycles. The molecule has 0 radical (unpaired) electrons. The van der Waals surface area contributed by atoms with E-state index in [9.17, 15) is 0 Å². The van der Waals surface area contributed by atoms with E-state index in [1.807, 2.05) is 12.2 Å². The molecule has 1 aliphatic rings. The van der Waals surface area contributed by atoms with Crippen LogP contribution in [0.5, 0.6) is 0 Å². The van der Waals surface area contributed by atoms with Gasteiger partial charge >= 0.3 is 0 Å². The minimum absolute atomic E-state index is 0.954. The predicted octanol–water partition coefficient (Wildman–Crippen LogP) is 4.09. The standard InChI is InChI=1S/C16H19N/c1-4-13-11-12-14-9-7-8-10-16(14)17(6-3)15(13)5-2/h4-5,7-10H,1-2,6,11-12H2,3H3. The average Bonchev–Trinajstić information content (AvgIpc) is 2.54. The molecule has 1 aliphatic heterocycles. The van der Waals surface area contributed by atoms with Gasteiger partial charge in [-0.3, -0.25) is 0 Å². The molecule has 0 bridgehead atoms. The van der Waals surface area contributed by atoms with E-state index in [2.05, 4.69) is 49.2 Å². The minimum Gasteiger partial charge on any atom is -0.341 e. The molecule has 1 aromatic rings. The molecule has 0 saturated heterocycles. The number of hydrogen-bond acceptors (Lipinski definition) is 1. The molecule has 0 aliphatic carbocycles. The highest BCUT2D eigenvalue weighted by atomic mass is 15.1. The van der Waals surface area contributed by atoms with Crippen molar-refractivity contribution in [2.45, 2.75) is 19.8 Å². The van der Waals surface area contributed by atoms with E-state index < -0.39 is 0 Å². The second kappa shape index (κ2) is 5.05. The molecule has 0 unspecified atom stereocenters. The van der Waals surface area contributed by atoms with E-state index in [4.69, 9.17) is 0 Å². The maximum atomic E-state index is 3.95. The highest BCUT2D eigenvalue weighted by Gasteiger charge is 2.18. The van der Waals surface area contributed by atoms with Crippen LogP contribution in [0.1, 0.15) is 18.9 Å². The van der Waals surface area contributed by atoms with Crippen molar-refractivity contribution in [3.8, 4) is 0 Å². The second-order valence-corrected chi connectivity index (χ2v) is 4.19. The molecule has 0 N–H and O–H groups in total. The number of anilines is 1. The van der Waals surface area contributed by atoms with Gasteiger partial charge in [0.25, 0.3) is 0 Å². The highest BCUT2D eigenvalue weighted by Crippen LogP contribution is 2.32. The van der Waals surface area contributed by atoms with Gasteiger partial charge in [0.1, 0.15) is 0 Å². The Balaban J connectivity index is 2.58. The molecule has 0 amide bonds. The highest BCUT2D eigenvalue weighted by molar-refractivity contribution is 5.63. The van der Waals surface area contributed by atoms with E-state index >= 15 is 0 Å². The van der Waals surface area contributed by atoms with Crippen molar-refractivity contribution in [2.75, 3.05) is 11.4 Å². The summed E-state index contributed by atoms with van der Waals surface area (Å²) in [6, 6.07) is 8.61. The third-order valence-corrected chi connectivity index (χ3v) is 3.32. The summed E-state index contributed by atoms with van der Waals surface area (Å²) in [5.41, 5.74) is 5.21. The molecule has 1 heteroatoms. The van der Waals surface area contributed by atoms with Gasteiger partial charge in [-0.15, -0.1) is 0 Å². The number of hydrogen-bond donors (Lipinski definition) is 0. The van der Waals surface area contributed by atoms with E-state index in [0.29, 0.717) is 0 Å². The number of likely N-dealkylation sites (N-methyl/N-ethyl adjacent to an activating group) is 1. The van der Waals surface area contributed by atoms with Crippen molar-refractivity contribution < 1.29 is 0 Å². The van der Waals surface area contributed by atoms with E-state index in [0.717, 1.165) is 19.4 Å². The third-order valence-electron chi connectivity index (χ3n) is 3.32. The zero-order chi connectivity index (χ0) is 12.3. The van der Waals surface area contributed by atoms with Crippen molar-refractivity contribution in [1.29, 1.82) is 0 Å². The summed E-state index contributed by atoms with van der Waals surface area (Å²) < 4.78 is 0. The molecule has 0 saturated carbocycles. The van der Waals surface area contributed by atoms with Gasteiger partial charge in [0.05, 0.1) is 0 Å². The number of nitrogens with zero attached hydrogens (tertiary/aromatic N) is 1. The van der Waals surface area contributed by atoms with Gasteiger partial charge in [0, 0.05) is 17.9 Å². The number of rotatable bonds is 3. The molecule has 2 rings (SSSR count). The maximum Gasteiger partial charge on any atom is 0.0443 e. The van der Waals surface area contributed by atoms with Crippen molar-refractivity contribution in [1.82, 2.24) is 0 Å². The molecule has 1 aromatic carbocycles. The number of fused-ring (bicyclic) bond motifs is 1. The van der Waals surface area contributed by atoms with Gasteiger partial charge in [0.2, 0.25) is 0 Å². The zero-order valence-electron chi connectivity index (χ0n) is 10.4. The van der Waals surface area contributed by atoms with Crippen molar-refractivity contribution in [3.05, 3.63) is 66.4 Å². The molecule has 17 heavy (non-hydrogen) atoms. The quantitative estimate of drug-likeness (QED) is 0.749. The van der Waals surface area contributed by atoms with Gasteiger partial charge in [-0.2, -0.15) is 0 Å². The zero-order valence-corrected chi connectivity index (χ0v) is 10.4. The van der Waals surface area contributed by atoms with Crippen LogP contribution in [-0.2, 0) is 6.42 Å².